The SMILES string of the molecule is Clc1ccc2[nH]c3c(c2c1)CCNC3c1ccc(OCCCCN2CCOCC2)cc1. The monoisotopic (exact) mass is 439 g/mol. The summed E-state index contributed by atoms with van der Waals surface area (Å²) in [6.07, 6.45) is 3.25. The van der Waals surface area contributed by atoms with Gasteiger partial charge in [-0.05, 0) is 67.3 Å². The maximum Gasteiger partial charge on any atom is 0.119 e. The molecule has 2 aliphatic rings. The normalized spacial score (nSPS) is 19.5. The minimum absolute atomic E-state index is 0.164. The summed E-state index contributed by atoms with van der Waals surface area (Å²) in [7, 11) is 0. The molecule has 1 aromatic heterocycles. The molecule has 1 atom stereocenters. The van der Waals surface area contributed by atoms with Crippen molar-refractivity contribution >= 4 is 22.5 Å². The third kappa shape index (κ3) is 4.75. The highest BCUT2D eigenvalue weighted by atomic mass is 35.5. The van der Waals surface area contributed by atoms with E-state index >= 15 is 0 Å². The summed E-state index contributed by atoms with van der Waals surface area (Å²) >= 11 is 6.24. The number of nitrogens with zero attached hydrogens (tertiary/aromatic N) is 1. The van der Waals surface area contributed by atoms with Crippen molar-refractivity contribution in [3.8, 4) is 5.75 Å². The molecule has 31 heavy (non-hydrogen) atoms. The number of morpholine rings is 1. The number of fused-ring (bicyclic) bond motifs is 3. The second kappa shape index (κ2) is 9.61. The molecule has 0 bridgehead atoms. The van der Waals surface area contributed by atoms with Crippen LogP contribution in [0.4, 0.5) is 0 Å². The number of aromatic nitrogens is 1. The molecule has 2 N–H and O–H groups in total. The van der Waals surface area contributed by atoms with Gasteiger partial charge in [-0.2, -0.15) is 0 Å². The fraction of sp³-hybridized carbons (Fsp3) is 0.440. The smallest absolute Gasteiger partial charge is 0.119 e. The number of hydrogen-bond donors (Lipinski definition) is 2. The molecule has 3 heterocycles. The maximum atomic E-state index is 6.24. The van der Waals surface area contributed by atoms with Gasteiger partial charge in [0.1, 0.15) is 5.75 Å². The number of hydrogen-bond acceptors (Lipinski definition) is 4. The molecule has 164 valence electrons. The van der Waals surface area contributed by atoms with Crippen LogP contribution >= 0.6 is 11.6 Å². The Labute approximate surface area is 188 Å². The Morgan fingerprint density at radius 3 is 2.74 bits per heavy atom. The number of rotatable bonds is 7. The highest BCUT2D eigenvalue weighted by molar-refractivity contribution is 6.31. The Morgan fingerprint density at radius 2 is 1.90 bits per heavy atom. The largest absolute Gasteiger partial charge is 0.494 e. The Bertz CT molecular complexity index is 1010. The van der Waals surface area contributed by atoms with E-state index in [0.717, 1.165) is 81.6 Å². The van der Waals surface area contributed by atoms with Crippen LogP contribution in [0.2, 0.25) is 5.02 Å². The van der Waals surface area contributed by atoms with Crippen molar-refractivity contribution in [1.29, 1.82) is 0 Å². The van der Waals surface area contributed by atoms with Crippen LogP contribution in [-0.4, -0.2) is 55.9 Å². The van der Waals surface area contributed by atoms with Gasteiger partial charge in [-0.1, -0.05) is 23.7 Å². The van der Waals surface area contributed by atoms with Crippen LogP contribution in [0.3, 0.4) is 0 Å². The molecule has 2 aliphatic heterocycles. The summed E-state index contributed by atoms with van der Waals surface area (Å²) in [5.74, 6) is 0.939. The standard InChI is InChI=1S/C25H30ClN3O2/c26-19-5-8-23-22(17-19)21-9-10-27-24(25(21)28-23)18-3-6-20(7-4-18)31-14-2-1-11-29-12-15-30-16-13-29/h3-8,17,24,27-28H,1-2,9-16H2. The van der Waals surface area contributed by atoms with Crippen molar-refractivity contribution in [2.75, 3.05) is 46.0 Å². The first kappa shape index (κ1) is 20.8. The molecule has 3 aromatic rings. The molecular weight excluding hydrogens is 410 g/mol. The van der Waals surface area contributed by atoms with E-state index in [2.05, 4.69) is 51.6 Å². The lowest BCUT2D eigenvalue weighted by atomic mass is 9.94. The van der Waals surface area contributed by atoms with Crippen LogP contribution in [0.1, 0.15) is 35.7 Å². The summed E-state index contributed by atoms with van der Waals surface area (Å²) in [4.78, 5) is 6.09. The van der Waals surface area contributed by atoms with Gasteiger partial charge in [0, 0.05) is 41.3 Å². The molecule has 0 spiro atoms. The van der Waals surface area contributed by atoms with Crippen LogP contribution in [0.25, 0.3) is 10.9 Å². The highest BCUT2D eigenvalue weighted by Crippen LogP contribution is 2.35. The van der Waals surface area contributed by atoms with Gasteiger partial charge in [-0.25, -0.2) is 0 Å². The number of benzene rings is 2. The third-order valence-corrected chi connectivity index (χ3v) is 6.60. The number of ether oxygens (including phenoxy) is 2. The number of halogens is 1. The molecule has 1 fully saturated rings. The lowest BCUT2D eigenvalue weighted by Crippen LogP contribution is -2.36. The summed E-state index contributed by atoms with van der Waals surface area (Å²) < 4.78 is 11.4. The first-order valence-electron chi connectivity index (χ1n) is 11.3. The van der Waals surface area contributed by atoms with E-state index in [4.69, 9.17) is 21.1 Å². The van der Waals surface area contributed by atoms with Gasteiger partial charge in [-0.15, -0.1) is 0 Å². The van der Waals surface area contributed by atoms with E-state index < -0.39 is 0 Å². The van der Waals surface area contributed by atoms with Crippen molar-refractivity contribution < 1.29 is 9.47 Å². The number of nitrogens with one attached hydrogen (secondary N) is 2. The average Bonchev–Trinajstić information content (AvgIpc) is 3.18. The van der Waals surface area contributed by atoms with E-state index in [1.807, 2.05) is 6.07 Å². The summed E-state index contributed by atoms with van der Waals surface area (Å²) in [6.45, 7) is 6.71. The Morgan fingerprint density at radius 1 is 1.06 bits per heavy atom. The van der Waals surface area contributed by atoms with Crippen molar-refractivity contribution in [3.05, 3.63) is 64.3 Å². The molecule has 1 unspecified atom stereocenters. The van der Waals surface area contributed by atoms with Crippen LogP contribution in [0.15, 0.2) is 42.5 Å². The van der Waals surface area contributed by atoms with E-state index in [0.29, 0.717) is 0 Å². The fourth-order valence-electron chi connectivity index (χ4n) is 4.69. The molecule has 5 nitrogen and oxygen atoms in total. The topological polar surface area (TPSA) is 49.5 Å². The van der Waals surface area contributed by atoms with Gasteiger partial charge in [0.25, 0.3) is 0 Å². The lowest BCUT2D eigenvalue weighted by molar-refractivity contribution is 0.0368. The van der Waals surface area contributed by atoms with E-state index in [9.17, 15) is 0 Å². The van der Waals surface area contributed by atoms with E-state index in [1.165, 1.54) is 22.2 Å². The molecule has 0 aliphatic carbocycles. The van der Waals surface area contributed by atoms with E-state index in [-0.39, 0.29) is 6.04 Å². The molecule has 0 radical (unpaired) electrons. The van der Waals surface area contributed by atoms with Gasteiger partial charge in [0.15, 0.2) is 0 Å². The minimum atomic E-state index is 0.164. The molecule has 6 heteroatoms. The predicted molar refractivity (Wildman–Crippen MR) is 125 cm³/mol. The van der Waals surface area contributed by atoms with Crippen LogP contribution in [-0.2, 0) is 11.2 Å². The Balaban J connectivity index is 1.18. The highest BCUT2D eigenvalue weighted by Gasteiger charge is 2.25. The van der Waals surface area contributed by atoms with Crippen LogP contribution < -0.4 is 10.1 Å². The summed E-state index contributed by atoms with van der Waals surface area (Å²) in [5, 5.41) is 5.69. The zero-order valence-electron chi connectivity index (χ0n) is 17.8. The first-order chi connectivity index (χ1) is 15.3. The second-order valence-corrected chi connectivity index (χ2v) is 8.86. The minimum Gasteiger partial charge on any atom is -0.494 e. The second-order valence-electron chi connectivity index (χ2n) is 8.42. The first-order valence-corrected chi connectivity index (χ1v) is 11.7. The van der Waals surface area contributed by atoms with Crippen molar-refractivity contribution in [2.45, 2.75) is 25.3 Å². The van der Waals surface area contributed by atoms with Crippen LogP contribution in [0.5, 0.6) is 5.75 Å². The molecule has 1 saturated heterocycles. The van der Waals surface area contributed by atoms with Crippen molar-refractivity contribution in [1.82, 2.24) is 15.2 Å². The summed E-state index contributed by atoms with van der Waals surface area (Å²) in [5.41, 5.74) is 5.03. The molecular formula is C25H30ClN3O2. The van der Waals surface area contributed by atoms with Crippen LogP contribution in [0, 0.1) is 0 Å². The number of unbranched alkanes of at least 4 members (excludes halogenated alkanes) is 1. The van der Waals surface area contributed by atoms with Gasteiger partial charge in [0.05, 0.1) is 25.9 Å². The summed E-state index contributed by atoms with van der Waals surface area (Å²) in [6, 6.07) is 14.8. The lowest BCUT2D eigenvalue weighted by Gasteiger charge is -2.26. The zero-order valence-corrected chi connectivity index (χ0v) is 18.6. The Hall–Kier alpha value is -2.05. The van der Waals surface area contributed by atoms with Gasteiger partial charge in [0.2, 0.25) is 0 Å². The quantitative estimate of drug-likeness (QED) is 0.530. The molecule has 0 saturated carbocycles. The number of aromatic amines is 1. The fourth-order valence-corrected chi connectivity index (χ4v) is 4.87. The number of H-pyrrole nitrogens is 1. The average molecular weight is 440 g/mol. The van der Waals surface area contributed by atoms with E-state index in [1.54, 1.807) is 0 Å². The molecule has 2 aromatic carbocycles. The molecule has 0 amide bonds. The van der Waals surface area contributed by atoms with Gasteiger partial charge >= 0.3 is 0 Å². The predicted octanol–water partition coefficient (Wildman–Crippen LogP) is 4.55. The third-order valence-electron chi connectivity index (χ3n) is 6.37. The van der Waals surface area contributed by atoms with Gasteiger partial charge in [-0.3, -0.25) is 4.90 Å². The van der Waals surface area contributed by atoms with Crippen molar-refractivity contribution in [2.24, 2.45) is 0 Å². The van der Waals surface area contributed by atoms with Crippen molar-refractivity contribution in [3.63, 3.8) is 0 Å². The maximum absolute atomic E-state index is 6.24. The Kier molecular flexibility index (Phi) is 6.46. The molecule has 5 rings (SSSR count). The van der Waals surface area contributed by atoms with Gasteiger partial charge < -0.3 is 19.8 Å². The zero-order chi connectivity index (χ0) is 21.0.